The number of ether oxygens (including phenoxy) is 4. The molecule has 27 heavy (non-hydrogen) atoms. The molecule has 0 aliphatic carbocycles. The van der Waals surface area contributed by atoms with Crippen LogP contribution in [0.15, 0.2) is 12.2 Å². The standard InChI is InChI=1S/C18H22O9/c1-4-8(24-17(22)7(2)3)5-6-9(19)25-14-12-10(16(20)21)11-13(26-12)15(14)27-18(11)23/h8,10-15H,2,4-6H2,1,3H3,(H,20,21). The zero-order valence-electron chi connectivity index (χ0n) is 15.1. The number of rotatable bonds is 8. The maximum absolute atomic E-state index is 12.2. The SMILES string of the molecule is C=C(C)C(=O)OC(CC)CCC(=O)OC1C2OC(=O)C3C2OC1C3C(=O)O. The van der Waals surface area contributed by atoms with Gasteiger partial charge in [0.1, 0.15) is 30.1 Å². The molecule has 3 heterocycles. The smallest absolute Gasteiger partial charge is 0.333 e. The number of hydrogen-bond donors (Lipinski definition) is 1. The van der Waals surface area contributed by atoms with E-state index >= 15 is 0 Å². The Morgan fingerprint density at radius 1 is 1.26 bits per heavy atom. The normalized spacial score (nSPS) is 34.1. The van der Waals surface area contributed by atoms with E-state index in [4.69, 9.17) is 18.9 Å². The highest BCUT2D eigenvalue weighted by Gasteiger charge is 2.71. The van der Waals surface area contributed by atoms with Gasteiger partial charge in [-0.1, -0.05) is 13.5 Å². The van der Waals surface area contributed by atoms with E-state index in [-0.39, 0.29) is 18.4 Å². The molecule has 148 valence electrons. The number of carbonyl (C=O) groups excluding carboxylic acids is 3. The molecule has 3 fully saturated rings. The van der Waals surface area contributed by atoms with Gasteiger partial charge in [0.05, 0.1) is 0 Å². The van der Waals surface area contributed by atoms with E-state index in [1.165, 1.54) is 6.92 Å². The second kappa shape index (κ2) is 7.30. The van der Waals surface area contributed by atoms with Crippen molar-refractivity contribution < 1.29 is 43.2 Å². The second-order valence-electron chi connectivity index (χ2n) is 7.07. The minimum atomic E-state index is -1.18. The van der Waals surface area contributed by atoms with Crippen LogP contribution in [0.1, 0.15) is 33.1 Å². The number of aliphatic carboxylic acids is 1. The molecular formula is C18H22O9. The zero-order chi connectivity index (χ0) is 19.9. The predicted molar refractivity (Wildman–Crippen MR) is 87.3 cm³/mol. The molecule has 3 aliphatic rings. The topological polar surface area (TPSA) is 125 Å². The van der Waals surface area contributed by atoms with Crippen molar-refractivity contribution in [1.82, 2.24) is 0 Å². The molecule has 0 amide bonds. The molecule has 0 radical (unpaired) electrons. The fourth-order valence-electron chi connectivity index (χ4n) is 3.84. The number of carboxylic acid groups (broad SMARTS) is 1. The van der Waals surface area contributed by atoms with E-state index in [0.29, 0.717) is 6.42 Å². The summed E-state index contributed by atoms with van der Waals surface area (Å²) >= 11 is 0. The molecule has 0 saturated carbocycles. The number of fused-ring (bicyclic) bond motifs is 1. The van der Waals surface area contributed by atoms with E-state index in [1.807, 2.05) is 6.92 Å². The van der Waals surface area contributed by atoms with Crippen molar-refractivity contribution in [1.29, 1.82) is 0 Å². The minimum absolute atomic E-state index is 0.0301. The fourth-order valence-corrected chi connectivity index (χ4v) is 3.84. The third-order valence-corrected chi connectivity index (χ3v) is 5.21. The quantitative estimate of drug-likeness (QED) is 0.365. The summed E-state index contributed by atoms with van der Waals surface area (Å²) in [5.74, 6) is -4.85. The number of carboxylic acids is 1. The van der Waals surface area contributed by atoms with Gasteiger partial charge in [-0.05, 0) is 19.8 Å². The average Bonchev–Trinajstić information content (AvgIpc) is 3.21. The number of esters is 3. The van der Waals surface area contributed by atoms with Gasteiger partial charge in [-0.15, -0.1) is 0 Å². The molecular weight excluding hydrogens is 360 g/mol. The lowest BCUT2D eigenvalue weighted by atomic mass is 9.78. The molecule has 0 aromatic heterocycles. The van der Waals surface area contributed by atoms with Crippen molar-refractivity contribution in [3.05, 3.63) is 12.2 Å². The van der Waals surface area contributed by atoms with Gasteiger partial charge >= 0.3 is 23.9 Å². The van der Waals surface area contributed by atoms with Gasteiger partial charge in [-0.25, -0.2) is 4.79 Å². The van der Waals surface area contributed by atoms with Gasteiger partial charge in [-0.2, -0.15) is 0 Å². The summed E-state index contributed by atoms with van der Waals surface area (Å²) in [5, 5.41) is 9.38. The van der Waals surface area contributed by atoms with Crippen LogP contribution in [0, 0.1) is 11.8 Å². The van der Waals surface area contributed by atoms with Crippen LogP contribution in [0.4, 0.5) is 0 Å². The maximum Gasteiger partial charge on any atom is 0.333 e. The van der Waals surface area contributed by atoms with Crippen molar-refractivity contribution in [2.24, 2.45) is 11.8 Å². The number of hydrogen-bond acceptors (Lipinski definition) is 8. The van der Waals surface area contributed by atoms with E-state index in [2.05, 4.69) is 6.58 Å². The molecule has 1 N–H and O–H groups in total. The molecule has 7 unspecified atom stereocenters. The van der Waals surface area contributed by atoms with Crippen molar-refractivity contribution in [3.8, 4) is 0 Å². The summed E-state index contributed by atoms with van der Waals surface area (Å²) in [4.78, 5) is 47.2. The lowest BCUT2D eigenvalue weighted by molar-refractivity contribution is -0.163. The number of carbonyl (C=O) groups is 4. The van der Waals surface area contributed by atoms with E-state index < -0.39 is 66.2 Å². The molecule has 0 spiro atoms. The van der Waals surface area contributed by atoms with Gasteiger partial charge in [0.2, 0.25) is 0 Å². The van der Waals surface area contributed by atoms with Crippen LogP contribution in [0.5, 0.6) is 0 Å². The Morgan fingerprint density at radius 3 is 2.56 bits per heavy atom. The highest BCUT2D eigenvalue weighted by Crippen LogP contribution is 2.51. The van der Waals surface area contributed by atoms with Crippen LogP contribution in [-0.2, 0) is 38.1 Å². The van der Waals surface area contributed by atoms with Crippen molar-refractivity contribution in [2.75, 3.05) is 0 Å². The van der Waals surface area contributed by atoms with Crippen LogP contribution in [-0.4, -0.2) is 59.5 Å². The summed E-state index contributed by atoms with van der Waals surface area (Å²) in [7, 11) is 0. The predicted octanol–water partition coefficient (Wildman–Crippen LogP) is 0.600. The molecule has 7 atom stereocenters. The Balaban J connectivity index is 1.57. The first-order chi connectivity index (χ1) is 12.7. The van der Waals surface area contributed by atoms with E-state index in [9.17, 15) is 24.3 Å². The Kier molecular flexibility index (Phi) is 5.23. The van der Waals surface area contributed by atoms with Gasteiger partial charge in [0.15, 0.2) is 12.2 Å². The van der Waals surface area contributed by atoms with Gasteiger partial charge in [0, 0.05) is 12.0 Å². The van der Waals surface area contributed by atoms with Crippen molar-refractivity contribution in [2.45, 2.75) is 63.6 Å². The van der Waals surface area contributed by atoms with Gasteiger partial charge in [0.25, 0.3) is 0 Å². The molecule has 2 bridgehead atoms. The second-order valence-corrected chi connectivity index (χ2v) is 7.07. The maximum atomic E-state index is 12.2. The molecule has 3 saturated heterocycles. The molecule has 3 rings (SSSR count). The Labute approximate surface area is 155 Å². The summed E-state index contributed by atoms with van der Waals surface area (Å²) in [6.07, 6.45) is -3.02. The Morgan fingerprint density at radius 2 is 1.96 bits per heavy atom. The lowest BCUT2D eigenvalue weighted by Gasteiger charge is -2.26. The van der Waals surface area contributed by atoms with Crippen molar-refractivity contribution in [3.63, 3.8) is 0 Å². The first-order valence-electron chi connectivity index (χ1n) is 8.89. The third-order valence-electron chi connectivity index (χ3n) is 5.21. The van der Waals surface area contributed by atoms with Crippen molar-refractivity contribution >= 4 is 23.9 Å². The monoisotopic (exact) mass is 382 g/mol. The van der Waals surface area contributed by atoms with Gasteiger partial charge < -0.3 is 24.1 Å². The highest BCUT2D eigenvalue weighted by atomic mass is 16.7. The summed E-state index contributed by atoms with van der Waals surface area (Å²) in [6.45, 7) is 6.86. The zero-order valence-corrected chi connectivity index (χ0v) is 15.1. The molecule has 3 aliphatic heterocycles. The largest absolute Gasteiger partial charge is 0.481 e. The summed E-state index contributed by atoms with van der Waals surface area (Å²) < 4.78 is 21.3. The van der Waals surface area contributed by atoms with E-state index in [1.54, 1.807) is 0 Å². The molecule has 0 aromatic carbocycles. The third kappa shape index (κ3) is 3.43. The van der Waals surface area contributed by atoms with Crippen LogP contribution in [0.25, 0.3) is 0 Å². The van der Waals surface area contributed by atoms with E-state index in [0.717, 1.165) is 0 Å². The van der Waals surface area contributed by atoms with Gasteiger partial charge in [-0.3, -0.25) is 14.4 Å². The van der Waals surface area contributed by atoms with Crippen LogP contribution < -0.4 is 0 Å². The molecule has 9 nitrogen and oxygen atoms in total. The highest BCUT2D eigenvalue weighted by molar-refractivity contribution is 5.87. The van der Waals surface area contributed by atoms with Crippen LogP contribution >= 0.6 is 0 Å². The molecule has 9 heteroatoms. The Hall–Kier alpha value is -2.42. The summed E-state index contributed by atoms with van der Waals surface area (Å²) in [5.41, 5.74) is 0.271. The average molecular weight is 382 g/mol. The van der Waals surface area contributed by atoms with Crippen LogP contribution in [0.3, 0.4) is 0 Å². The first kappa shape index (κ1) is 19.3. The first-order valence-corrected chi connectivity index (χ1v) is 8.89. The summed E-state index contributed by atoms with van der Waals surface area (Å²) in [6, 6.07) is 0. The Bertz CT molecular complexity index is 684. The molecule has 0 aromatic rings. The minimum Gasteiger partial charge on any atom is -0.481 e. The fraction of sp³-hybridized carbons (Fsp3) is 0.667. The lowest BCUT2D eigenvalue weighted by Crippen LogP contribution is -2.47. The van der Waals surface area contributed by atoms with Crippen LogP contribution in [0.2, 0.25) is 0 Å².